The average Bonchev–Trinajstić information content (AvgIpc) is 2.85. The largest absolute Gasteiger partial charge is 0.480 e. The van der Waals surface area contributed by atoms with E-state index in [0.29, 0.717) is 11.1 Å². The van der Waals surface area contributed by atoms with Gasteiger partial charge in [-0.05, 0) is 18.2 Å². The van der Waals surface area contributed by atoms with E-state index in [9.17, 15) is 9.59 Å². The smallest absolute Gasteiger partial charge is 0.328 e. The molecule has 1 atom stereocenters. The third kappa shape index (κ3) is 2.89. The van der Waals surface area contributed by atoms with E-state index in [2.05, 4.69) is 15.3 Å². The van der Waals surface area contributed by atoms with Crippen LogP contribution in [0.3, 0.4) is 0 Å². The van der Waals surface area contributed by atoms with E-state index < -0.39 is 17.9 Å². The highest BCUT2D eigenvalue weighted by molar-refractivity contribution is 5.99. The number of carboxylic acid groups (broad SMARTS) is 1. The normalized spacial score (nSPS) is 12.3. The van der Waals surface area contributed by atoms with Gasteiger partial charge in [-0.15, -0.1) is 0 Å². The van der Waals surface area contributed by atoms with Crippen LogP contribution in [0.15, 0.2) is 24.5 Å². The average molecular weight is 263 g/mol. The van der Waals surface area contributed by atoms with Gasteiger partial charge in [0, 0.05) is 12.7 Å². The zero-order chi connectivity index (χ0) is 13.8. The Morgan fingerprint density at radius 2 is 2.32 bits per heavy atom. The Bertz CT molecular complexity index is 608. The van der Waals surface area contributed by atoms with Gasteiger partial charge in [-0.3, -0.25) is 4.79 Å². The van der Waals surface area contributed by atoms with Gasteiger partial charge in [-0.2, -0.15) is 0 Å². The minimum atomic E-state index is -1.14. The second-order valence-electron chi connectivity index (χ2n) is 3.95. The summed E-state index contributed by atoms with van der Waals surface area (Å²) in [5.41, 5.74) is 1.81. The number of aromatic amines is 1. The van der Waals surface area contributed by atoms with E-state index >= 15 is 0 Å². The first-order chi connectivity index (χ1) is 9.11. The van der Waals surface area contributed by atoms with Crippen LogP contribution in [0.1, 0.15) is 10.4 Å². The van der Waals surface area contributed by atoms with Crippen molar-refractivity contribution >= 4 is 22.9 Å². The maximum atomic E-state index is 11.9. The SMILES string of the molecule is COCC(NC(=O)c1ccc2nc[nH]c2c1)C(=O)O. The second-order valence-corrected chi connectivity index (χ2v) is 3.95. The molecule has 7 heteroatoms. The number of hydrogen-bond donors (Lipinski definition) is 3. The van der Waals surface area contributed by atoms with Gasteiger partial charge in [-0.25, -0.2) is 9.78 Å². The van der Waals surface area contributed by atoms with Crippen LogP contribution in [0.2, 0.25) is 0 Å². The van der Waals surface area contributed by atoms with Crippen LogP contribution in [-0.4, -0.2) is 46.7 Å². The number of ether oxygens (including phenoxy) is 1. The standard InChI is InChI=1S/C12H13N3O4/c1-19-5-10(12(17)18)15-11(16)7-2-3-8-9(4-7)14-6-13-8/h2-4,6,10H,5H2,1H3,(H,13,14)(H,15,16)(H,17,18). The lowest BCUT2D eigenvalue weighted by Gasteiger charge is -2.13. The molecule has 19 heavy (non-hydrogen) atoms. The van der Waals surface area contributed by atoms with Crippen molar-refractivity contribution in [1.29, 1.82) is 0 Å². The van der Waals surface area contributed by atoms with Crippen molar-refractivity contribution in [1.82, 2.24) is 15.3 Å². The number of rotatable bonds is 5. The molecule has 7 nitrogen and oxygen atoms in total. The molecule has 0 spiro atoms. The lowest BCUT2D eigenvalue weighted by atomic mass is 10.1. The first kappa shape index (κ1) is 13.0. The maximum absolute atomic E-state index is 11.9. The number of carbonyl (C=O) groups excluding carboxylic acids is 1. The van der Waals surface area contributed by atoms with Crippen molar-refractivity contribution in [3.05, 3.63) is 30.1 Å². The number of methoxy groups -OCH3 is 1. The molecule has 1 amide bonds. The number of carboxylic acids is 1. The minimum absolute atomic E-state index is 0.0899. The number of imidazole rings is 1. The maximum Gasteiger partial charge on any atom is 0.328 e. The molecule has 1 aromatic heterocycles. The Hall–Kier alpha value is -2.41. The third-order valence-corrected chi connectivity index (χ3v) is 2.62. The molecule has 2 aromatic rings. The number of aromatic nitrogens is 2. The van der Waals surface area contributed by atoms with Crippen molar-refractivity contribution in [3.8, 4) is 0 Å². The first-order valence-corrected chi connectivity index (χ1v) is 5.57. The number of aliphatic carboxylic acids is 1. The van der Waals surface area contributed by atoms with Crippen molar-refractivity contribution in [2.24, 2.45) is 0 Å². The fourth-order valence-electron chi connectivity index (χ4n) is 1.66. The Balaban J connectivity index is 2.16. The zero-order valence-corrected chi connectivity index (χ0v) is 10.2. The van der Waals surface area contributed by atoms with Crippen LogP contribution < -0.4 is 5.32 Å². The van der Waals surface area contributed by atoms with Gasteiger partial charge in [0.2, 0.25) is 0 Å². The molecule has 1 unspecified atom stereocenters. The number of hydrogen-bond acceptors (Lipinski definition) is 4. The van der Waals surface area contributed by atoms with Gasteiger partial charge in [0.1, 0.15) is 0 Å². The summed E-state index contributed by atoms with van der Waals surface area (Å²) < 4.78 is 4.75. The van der Waals surface area contributed by atoms with Gasteiger partial charge in [0.15, 0.2) is 6.04 Å². The predicted octanol–water partition coefficient (Wildman–Crippen LogP) is 0.392. The van der Waals surface area contributed by atoms with Crippen molar-refractivity contribution in [2.75, 3.05) is 13.7 Å². The van der Waals surface area contributed by atoms with E-state index in [4.69, 9.17) is 9.84 Å². The molecular formula is C12H13N3O4. The molecule has 0 saturated carbocycles. The minimum Gasteiger partial charge on any atom is -0.480 e. The van der Waals surface area contributed by atoms with Crippen LogP contribution in [0.25, 0.3) is 11.0 Å². The first-order valence-electron chi connectivity index (χ1n) is 5.57. The van der Waals surface area contributed by atoms with Crippen LogP contribution in [0.5, 0.6) is 0 Å². The highest BCUT2D eigenvalue weighted by Gasteiger charge is 2.20. The van der Waals surface area contributed by atoms with Crippen LogP contribution in [0.4, 0.5) is 0 Å². The number of amides is 1. The van der Waals surface area contributed by atoms with Gasteiger partial charge in [0.25, 0.3) is 5.91 Å². The second kappa shape index (κ2) is 5.49. The van der Waals surface area contributed by atoms with Gasteiger partial charge >= 0.3 is 5.97 Å². The van der Waals surface area contributed by atoms with E-state index in [1.807, 2.05) is 0 Å². The fourth-order valence-corrected chi connectivity index (χ4v) is 1.66. The summed E-state index contributed by atoms with van der Waals surface area (Å²) in [5, 5.41) is 11.3. The van der Waals surface area contributed by atoms with Crippen LogP contribution in [0, 0.1) is 0 Å². The third-order valence-electron chi connectivity index (χ3n) is 2.62. The number of nitrogens with one attached hydrogen (secondary N) is 2. The van der Waals surface area contributed by atoms with E-state index in [-0.39, 0.29) is 6.61 Å². The highest BCUT2D eigenvalue weighted by Crippen LogP contribution is 2.11. The highest BCUT2D eigenvalue weighted by atomic mass is 16.5. The predicted molar refractivity (Wildman–Crippen MR) is 66.9 cm³/mol. The summed E-state index contributed by atoms with van der Waals surface area (Å²) in [6, 6.07) is 3.82. The number of benzene rings is 1. The molecule has 0 aliphatic heterocycles. The summed E-state index contributed by atoms with van der Waals surface area (Å²) >= 11 is 0. The van der Waals surface area contributed by atoms with Crippen molar-refractivity contribution in [3.63, 3.8) is 0 Å². The van der Waals surface area contributed by atoms with Gasteiger partial charge in [-0.1, -0.05) is 0 Å². The summed E-state index contributed by atoms with van der Waals surface area (Å²) in [7, 11) is 1.37. The number of H-pyrrole nitrogens is 1. The van der Waals surface area contributed by atoms with E-state index in [1.165, 1.54) is 13.4 Å². The quantitative estimate of drug-likeness (QED) is 0.724. The monoisotopic (exact) mass is 263 g/mol. The molecule has 0 bridgehead atoms. The molecule has 0 saturated heterocycles. The number of carbonyl (C=O) groups is 2. The topological polar surface area (TPSA) is 104 Å². The number of nitrogens with zero attached hydrogens (tertiary/aromatic N) is 1. The fraction of sp³-hybridized carbons (Fsp3) is 0.250. The lowest BCUT2D eigenvalue weighted by molar-refractivity contribution is -0.140. The Labute approximate surface area is 108 Å². The Morgan fingerprint density at radius 1 is 1.53 bits per heavy atom. The molecule has 0 radical (unpaired) electrons. The lowest BCUT2D eigenvalue weighted by Crippen LogP contribution is -2.43. The van der Waals surface area contributed by atoms with Gasteiger partial charge < -0.3 is 20.1 Å². The van der Waals surface area contributed by atoms with Crippen LogP contribution >= 0.6 is 0 Å². The van der Waals surface area contributed by atoms with Gasteiger partial charge in [0.05, 0.1) is 24.0 Å². The Morgan fingerprint density at radius 3 is 3.00 bits per heavy atom. The van der Waals surface area contributed by atoms with Crippen molar-refractivity contribution < 1.29 is 19.4 Å². The molecule has 0 fully saturated rings. The molecule has 1 heterocycles. The molecule has 0 aliphatic carbocycles. The Kier molecular flexibility index (Phi) is 3.76. The van der Waals surface area contributed by atoms with Crippen molar-refractivity contribution in [2.45, 2.75) is 6.04 Å². The molecule has 1 aromatic carbocycles. The van der Waals surface area contributed by atoms with Crippen LogP contribution in [-0.2, 0) is 9.53 Å². The molecule has 100 valence electrons. The van der Waals surface area contributed by atoms with E-state index in [1.54, 1.807) is 18.2 Å². The van der Waals surface area contributed by atoms with E-state index in [0.717, 1.165) is 5.52 Å². The molecule has 3 N–H and O–H groups in total. The summed E-state index contributed by atoms with van der Waals surface area (Å²) in [6.45, 7) is -0.0899. The summed E-state index contributed by atoms with van der Waals surface area (Å²) in [4.78, 5) is 29.8. The summed E-state index contributed by atoms with van der Waals surface area (Å²) in [5.74, 6) is -1.61. The summed E-state index contributed by atoms with van der Waals surface area (Å²) in [6.07, 6.45) is 1.53. The molecule has 2 rings (SSSR count). The number of fused-ring (bicyclic) bond motifs is 1. The zero-order valence-electron chi connectivity index (χ0n) is 10.2. The molecular weight excluding hydrogens is 250 g/mol. The molecule has 0 aliphatic rings.